The SMILES string of the molecule is CC(C)(C)C(=O)[O-].CC(C)(C)C(=O)[O-].CC(C)(C)C(=O)[O-].CC(C)(C)C(=O)[O-].COc1cccc(C=N[C@@](C)(C[O-])CO)c1[O-].COc1cccc(C=N[C@@](C)(C[O-])CO)c1[O-].COc1cccc(C=N[C@](C)(C[O-])CO)c1[O-].O.[Mn+3].[Mn+3].[Mn+3].[N-]=[N+]=[N-].[Na+].[Nd+3].[O-2].[OH3+]. The maximum absolute atomic E-state index is 11.7. The predicted molar refractivity (Wildman–Crippen MR) is 298 cm³/mol. The number of carbonyl (C=O) groups is 4. The molecule has 8 N–H and O–H groups in total. The van der Waals surface area contributed by atoms with Gasteiger partial charge < -0.3 is 127 Å². The van der Waals surface area contributed by atoms with Gasteiger partial charge in [-0.2, -0.15) is 0 Å². The molecule has 0 aliphatic heterocycles. The summed E-state index contributed by atoms with van der Waals surface area (Å²) in [6.07, 6.45) is 3.91. The summed E-state index contributed by atoms with van der Waals surface area (Å²) in [5.74, 6) is -4.22. The van der Waals surface area contributed by atoms with Gasteiger partial charge in [0.05, 0.1) is 57.8 Å². The molecule has 0 aromatic heterocycles. The molecule has 503 valence electrons. The van der Waals surface area contributed by atoms with Crippen LogP contribution in [0.4, 0.5) is 0 Å². The number of carboxylic acids is 4. The Balaban J connectivity index is -0.0000000708. The molecule has 0 aliphatic carbocycles. The summed E-state index contributed by atoms with van der Waals surface area (Å²) in [6, 6.07) is 14.4. The average molecular weight is 1540 g/mol. The van der Waals surface area contributed by atoms with Crippen LogP contribution in [0, 0.1) is 62.5 Å². The fourth-order valence-corrected chi connectivity index (χ4v) is 3.43. The van der Waals surface area contributed by atoms with Crippen molar-refractivity contribution in [1.29, 1.82) is 0 Å². The molecule has 0 fully saturated rings. The van der Waals surface area contributed by atoms with Crippen LogP contribution in [0.25, 0.3) is 16.0 Å². The van der Waals surface area contributed by atoms with E-state index in [9.17, 15) is 70.2 Å². The molecule has 0 spiro atoms. The number of aliphatic hydroxyl groups excluding tert-OH is 3. The Kier molecular flexibility index (Phi) is 75.1. The Morgan fingerprint density at radius 1 is 0.467 bits per heavy atom. The first-order chi connectivity index (χ1) is 37.4. The van der Waals surface area contributed by atoms with Gasteiger partial charge in [-0.25, -0.2) is 0 Å². The Hall–Kier alpha value is -3.79. The third kappa shape index (κ3) is 53.7. The van der Waals surface area contributed by atoms with Crippen molar-refractivity contribution in [2.24, 2.45) is 36.6 Å². The van der Waals surface area contributed by atoms with Gasteiger partial charge in [0.15, 0.2) is 0 Å². The molecule has 0 unspecified atom stereocenters. The molecule has 3 rings (SSSR count). The molecule has 0 saturated carbocycles. The van der Waals surface area contributed by atoms with Crippen LogP contribution in [0.3, 0.4) is 0 Å². The van der Waals surface area contributed by atoms with Crippen LogP contribution in [-0.2, 0) is 81.3 Å². The van der Waals surface area contributed by atoms with Crippen molar-refractivity contribution in [1.82, 2.24) is 0 Å². The third-order valence-electron chi connectivity index (χ3n) is 9.64. The van der Waals surface area contributed by atoms with E-state index in [1.54, 1.807) is 138 Å². The van der Waals surface area contributed by atoms with E-state index in [0.29, 0.717) is 16.7 Å². The van der Waals surface area contributed by atoms with Gasteiger partial charge in [0, 0.05) is 64.2 Å². The summed E-state index contributed by atoms with van der Waals surface area (Å²) in [6.45, 7) is 21.1. The van der Waals surface area contributed by atoms with Crippen LogP contribution < -0.4 is 94.8 Å². The van der Waals surface area contributed by atoms with E-state index in [4.69, 9.17) is 40.6 Å². The smallest absolute Gasteiger partial charge is 2.00 e. The van der Waals surface area contributed by atoms with Gasteiger partial charge in [0.2, 0.25) is 0 Å². The van der Waals surface area contributed by atoms with Crippen LogP contribution in [0.5, 0.6) is 34.5 Å². The summed E-state index contributed by atoms with van der Waals surface area (Å²) in [4.78, 5) is 53.0. The summed E-state index contributed by atoms with van der Waals surface area (Å²) in [5.41, 5.74) is 8.45. The standard InChI is InChI=1S/3C12H16NO4.4C5H10O2.3Mn.N3.Na.Nd.2H2O.O/c3*1-12(7-14,8-15)13-6-9-4-3-5-10(17-2)11(9)16;4*1-5(2,3)4(6)7;;;;1-3-2;;;;;/h3*3-6,14,16H,7-8H2,1-2H3;4*1-3H3,(H,6,7);;;;;;;2*1H2;/q3*-1;;;;;3*+3;-1;+1;+3;;;-2/p-6/t3*12-;;;;;;;;;;;;;/m110............./s1. The van der Waals surface area contributed by atoms with E-state index in [0.717, 1.165) is 0 Å². The number of hydrogen-bond acceptors (Lipinski definition) is 23. The Morgan fingerprint density at radius 2 is 0.611 bits per heavy atom. The Morgan fingerprint density at radius 3 is 0.711 bits per heavy atom. The molecular formula is C56H86Mn3N6NaNdO23+. The van der Waals surface area contributed by atoms with Gasteiger partial charge in [-0.15, -0.1) is 19.8 Å². The topological polar surface area (TPSA) is 576 Å². The van der Waals surface area contributed by atoms with Gasteiger partial charge >= 0.3 is 122 Å². The number of carbonyl (C=O) groups excluding carboxylic acids is 4. The number of aliphatic imine (C=N–C) groups is 3. The second-order valence-electron chi connectivity index (χ2n) is 22.0. The molecule has 29 nitrogen and oxygen atoms in total. The molecule has 3 aromatic carbocycles. The minimum Gasteiger partial charge on any atom is -2.00 e. The molecule has 3 aromatic rings. The van der Waals surface area contributed by atoms with E-state index in [2.05, 4.69) is 15.0 Å². The van der Waals surface area contributed by atoms with E-state index >= 15 is 0 Å². The van der Waals surface area contributed by atoms with Crippen molar-refractivity contribution in [3.63, 3.8) is 0 Å². The Labute approximate surface area is 614 Å². The van der Waals surface area contributed by atoms with Crippen molar-refractivity contribution in [2.75, 3.05) is 61.0 Å². The van der Waals surface area contributed by atoms with Gasteiger partial charge in [0.25, 0.3) is 0 Å². The van der Waals surface area contributed by atoms with Crippen molar-refractivity contribution in [3.05, 3.63) is 87.3 Å². The average Bonchev–Trinajstić information content (AvgIpc) is 3.40. The molecule has 0 bridgehead atoms. The first-order valence-electron chi connectivity index (χ1n) is 24.5. The number of nitrogens with zero attached hydrogens (tertiary/aromatic N) is 6. The molecule has 90 heavy (non-hydrogen) atoms. The van der Waals surface area contributed by atoms with Gasteiger partial charge in [-0.1, -0.05) is 137 Å². The quantitative estimate of drug-likeness (QED) is 0.0318. The Bertz CT molecular complexity index is 2230. The molecule has 0 aliphatic rings. The molecule has 0 saturated heterocycles. The molecule has 1 radical (unpaired) electrons. The van der Waals surface area contributed by atoms with E-state index < -0.39 is 82.0 Å². The molecule has 0 heterocycles. The molecule has 3 atom stereocenters. The minimum absolute atomic E-state index is 0. The van der Waals surface area contributed by atoms with Gasteiger partial charge in [-0.3, -0.25) is 19.9 Å². The second-order valence-corrected chi connectivity index (χ2v) is 22.0. The largest absolute Gasteiger partial charge is 3.00 e. The minimum atomic E-state index is -1.09. The fraction of sp³-hybridized carbons (Fsp3) is 0.554. The van der Waals surface area contributed by atoms with Crippen molar-refractivity contribution < 1.29 is 238 Å². The first kappa shape index (κ1) is 117. The number of benzene rings is 3. The monoisotopic (exact) mass is 1540 g/mol. The zero-order valence-corrected chi connectivity index (χ0v) is 63.0. The summed E-state index contributed by atoms with van der Waals surface area (Å²) >= 11 is 0. The number of carboxylic acid groups (broad SMARTS) is 4. The molecule has 34 heteroatoms. The summed E-state index contributed by atoms with van der Waals surface area (Å²) in [7, 11) is 4.23. The third-order valence-corrected chi connectivity index (χ3v) is 9.64. The van der Waals surface area contributed by atoms with Crippen molar-refractivity contribution >= 4 is 42.5 Å². The second kappa shape index (κ2) is 57.8. The van der Waals surface area contributed by atoms with E-state index in [1.165, 1.54) is 65.7 Å². The zero-order chi connectivity index (χ0) is 65.7. The predicted octanol–water partition coefficient (Wildman–Crippen LogP) is -6.98. The maximum Gasteiger partial charge on any atom is 3.00 e. The number of para-hydroxylation sites is 3. The van der Waals surface area contributed by atoms with Crippen molar-refractivity contribution in [2.45, 2.75) is 120 Å². The fourth-order valence-electron chi connectivity index (χ4n) is 3.43. The van der Waals surface area contributed by atoms with Gasteiger partial charge in [-0.05, 0) is 55.7 Å². The molecular weight excluding hydrogens is 1460 g/mol. The van der Waals surface area contributed by atoms with Crippen LogP contribution in [0.2, 0.25) is 0 Å². The summed E-state index contributed by atoms with van der Waals surface area (Å²) < 4.78 is 14.7. The number of ether oxygens (including phenoxy) is 3. The number of aliphatic carboxylic acids is 4. The normalized spacial score (nSPS) is 12.0. The van der Waals surface area contributed by atoms with Crippen molar-refractivity contribution in [3.8, 4) is 34.5 Å². The number of aliphatic hydroxyl groups is 3. The van der Waals surface area contributed by atoms with Crippen LogP contribution in [0.15, 0.2) is 69.6 Å². The zero-order valence-electron chi connectivity index (χ0n) is 54.3. The molecule has 0 amide bonds. The summed E-state index contributed by atoms with van der Waals surface area (Å²) in [5, 5.41) is 134. The van der Waals surface area contributed by atoms with E-state index in [1.807, 2.05) is 0 Å². The van der Waals surface area contributed by atoms with Crippen LogP contribution in [0.1, 0.15) is 121 Å². The maximum atomic E-state index is 11.7. The number of hydrogen-bond donors (Lipinski definition) is 3. The number of rotatable bonds is 15. The number of methoxy groups -OCH3 is 3. The van der Waals surface area contributed by atoms with Crippen LogP contribution >= 0.6 is 0 Å². The van der Waals surface area contributed by atoms with E-state index in [-0.39, 0.29) is 192 Å². The van der Waals surface area contributed by atoms with Gasteiger partial charge in [0.1, 0.15) is 17.2 Å². The first-order valence-corrected chi connectivity index (χ1v) is 24.5. The van der Waals surface area contributed by atoms with Crippen LogP contribution in [-0.4, -0.2) is 141 Å².